The first-order valence-corrected chi connectivity index (χ1v) is 7.55. The zero-order valence-corrected chi connectivity index (χ0v) is 13.3. The predicted octanol–water partition coefficient (Wildman–Crippen LogP) is 5.55. The van der Waals surface area contributed by atoms with Crippen LogP contribution in [0.1, 0.15) is 49.8 Å². The highest BCUT2D eigenvalue weighted by atomic mass is 14.3. The van der Waals surface area contributed by atoms with Gasteiger partial charge in [-0.3, -0.25) is 0 Å². The van der Waals surface area contributed by atoms with Gasteiger partial charge in [-0.25, -0.2) is 0 Å². The fraction of sp³-hybridized carbons (Fsp3) is 0.350. The van der Waals surface area contributed by atoms with E-state index in [0.717, 1.165) is 24.0 Å². The Morgan fingerprint density at radius 3 is 2.62 bits per heavy atom. The highest BCUT2D eigenvalue weighted by molar-refractivity contribution is 5.44. The Morgan fingerprint density at radius 2 is 2.00 bits per heavy atom. The maximum absolute atomic E-state index is 9.37. The fourth-order valence-electron chi connectivity index (χ4n) is 2.34. The quantitative estimate of drug-likeness (QED) is 0.474. The predicted molar refractivity (Wildman–Crippen MR) is 91.2 cm³/mol. The number of nitrogens with zero attached hydrogens (tertiary/aromatic N) is 1. The Labute approximate surface area is 129 Å². The van der Waals surface area contributed by atoms with E-state index in [1.807, 2.05) is 12.1 Å². The van der Waals surface area contributed by atoms with Gasteiger partial charge < -0.3 is 0 Å². The van der Waals surface area contributed by atoms with Crippen LogP contribution in [0, 0.1) is 17.2 Å². The molecule has 0 radical (unpaired) electrons. The smallest absolute Gasteiger partial charge is 0.0994 e. The first-order valence-electron chi connectivity index (χ1n) is 7.55. The molecule has 0 aliphatic heterocycles. The summed E-state index contributed by atoms with van der Waals surface area (Å²) in [5, 5.41) is 9.37. The molecule has 0 aliphatic carbocycles. The lowest BCUT2D eigenvalue weighted by molar-refractivity contribution is 0.647. The second-order valence-electron chi connectivity index (χ2n) is 5.75. The van der Waals surface area contributed by atoms with Gasteiger partial charge in [-0.2, -0.15) is 5.26 Å². The van der Waals surface area contributed by atoms with E-state index in [9.17, 15) is 5.26 Å². The van der Waals surface area contributed by atoms with Crippen LogP contribution in [0.3, 0.4) is 0 Å². The molecule has 21 heavy (non-hydrogen) atoms. The fourth-order valence-corrected chi connectivity index (χ4v) is 2.34. The van der Waals surface area contributed by atoms with Crippen LogP contribution >= 0.6 is 0 Å². The molecule has 0 heterocycles. The summed E-state index contributed by atoms with van der Waals surface area (Å²) in [5.41, 5.74) is 3.15. The summed E-state index contributed by atoms with van der Waals surface area (Å²) in [6.45, 7) is 10.2. The van der Waals surface area contributed by atoms with E-state index in [1.54, 1.807) is 6.08 Å². The molecular formula is C20H25N. The minimum atomic E-state index is 0.255. The van der Waals surface area contributed by atoms with E-state index in [2.05, 4.69) is 63.8 Å². The highest BCUT2D eigenvalue weighted by Crippen LogP contribution is 2.23. The van der Waals surface area contributed by atoms with E-state index in [-0.39, 0.29) is 5.92 Å². The van der Waals surface area contributed by atoms with Crippen LogP contribution in [0.4, 0.5) is 0 Å². The average molecular weight is 279 g/mol. The Morgan fingerprint density at radius 1 is 1.24 bits per heavy atom. The maximum atomic E-state index is 9.37. The molecule has 1 heteroatoms. The number of rotatable bonds is 7. The van der Waals surface area contributed by atoms with E-state index < -0.39 is 0 Å². The van der Waals surface area contributed by atoms with Gasteiger partial charge in [0.2, 0.25) is 0 Å². The largest absolute Gasteiger partial charge is 0.192 e. The van der Waals surface area contributed by atoms with Gasteiger partial charge >= 0.3 is 0 Å². The van der Waals surface area contributed by atoms with Crippen molar-refractivity contribution in [2.45, 2.75) is 39.5 Å². The molecule has 1 aromatic rings. The van der Waals surface area contributed by atoms with Gasteiger partial charge in [0.1, 0.15) is 0 Å². The average Bonchev–Trinajstić information content (AvgIpc) is 2.46. The zero-order chi connectivity index (χ0) is 15.7. The number of hydrogen-bond acceptors (Lipinski definition) is 1. The van der Waals surface area contributed by atoms with Gasteiger partial charge in [-0.05, 0) is 36.0 Å². The van der Waals surface area contributed by atoms with Crippen molar-refractivity contribution in [1.29, 1.82) is 5.26 Å². The second kappa shape index (κ2) is 8.97. The van der Waals surface area contributed by atoms with E-state index in [0.29, 0.717) is 5.92 Å². The van der Waals surface area contributed by atoms with Crippen molar-refractivity contribution in [3.05, 3.63) is 71.8 Å². The van der Waals surface area contributed by atoms with Gasteiger partial charge in [-0.1, -0.05) is 69.9 Å². The molecule has 110 valence electrons. The third-order valence-electron chi connectivity index (χ3n) is 3.34. The number of nitriles is 1. The molecule has 0 spiro atoms. The number of benzene rings is 1. The second-order valence-corrected chi connectivity index (χ2v) is 5.75. The zero-order valence-electron chi connectivity index (χ0n) is 13.3. The van der Waals surface area contributed by atoms with Gasteiger partial charge in [0.25, 0.3) is 0 Å². The molecule has 0 bridgehead atoms. The Hall–Kier alpha value is -2.07. The molecule has 0 fully saturated rings. The van der Waals surface area contributed by atoms with Crippen LogP contribution in [0.5, 0.6) is 0 Å². The molecule has 0 saturated carbocycles. The van der Waals surface area contributed by atoms with E-state index >= 15 is 0 Å². The third kappa shape index (κ3) is 5.83. The molecule has 1 aromatic carbocycles. The SMILES string of the molecule is C=C/C=C\C/C=C\C(C)c1ccc(CC(C)C)cc1C#N. The Bertz CT molecular complexity index is 556. The van der Waals surface area contributed by atoms with Gasteiger partial charge in [0.15, 0.2) is 0 Å². The summed E-state index contributed by atoms with van der Waals surface area (Å²) in [7, 11) is 0. The van der Waals surface area contributed by atoms with Crippen molar-refractivity contribution < 1.29 is 0 Å². The first kappa shape index (κ1) is 17.0. The lowest BCUT2D eigenvalue weighted by atomic mass is 9.92. The molecule has 0 aromatic heterocycles. The van der Waals surface area contributed by atoms with Crippen molar-refractivity contribution in [3.63, 3.8) is 0 Å². The summed E-state index contributed by atoms with van der Waals surface area (Å²) in [6.07, 6.45) is 12.0. The molecule has 0 aliphatic rings. The van der Waals surface area contributed by atoms with Crippen molar-refractivity contribution in [2.75, 3.05) is 0 Å². The minimum Gasteiger partial charge on any atom is -0.192 e. The van der Waals surface area contributed by atoms with Gasteiger partial charge in [-0.15, -0.1) is 0 Å². The van der Waals surface area contributed by atoms with Crippen LogP contribution < -0.4 is 0 Å². The highest BCUT2D eigenvalue weighted by Gasteiger charge is 2.09. The molecule has 1 nitrogen and oxygen atoms in total. The van der Waals surface area contributed by atoms with Gasteiger partial charge in [0, 0.05) is 5.92 Å². The molecular weight excluding hydrogens is 254 g/mol. The van der Waals surface area contributed by atoms with E-state index in [4.69, 9.17) is 0 Å². The number of hydrogen-bond donors (Lipinski definition) is 0. The number of allylic oxidation sites excluding steroid dienone is 5. The normalized spacial score (nSPS) is 12.9. The molecule has 1 atom stereocenters. The van der Waals surface area contributed by atoms with Crippen LogP contribution in [-0.4, -0.2) is 0 Å². The monoisotopic (exact) mass is 279 g/mol. The van der Waals surface area contributed by atoms with Crippen LogP contribution in [0.25, 0.3) is 0 Å². The molecule has 0 amide bonds. The standard InChI is InChI=1S/C20H25N/c1-5-6-7-8-9-10-17(4)20-12-11-18(13-16(2)3)14-19(20)15-21/h5-7,9-12,14,16-17H,1,8,13H2,2-4H3/b7-6-,10-9-. The molecule has 1 rings (SSSR count). The summed E-state index contributed by atoms with van der Waals surface area (Å²) >= 11 is 0. The molecule has 0 saturated heterocycles. The lowest BCUT2D eigenvalue weighted by Crippen LogP contribution is -1.99. The minimum absolute atomic E-state index is 0.255. The van der Waals surface area contributed by atoms with Crippen LogP contribution in [0.15, 0.2) is 55.2 Å². The topological polar surface area (TPSA) is 23.8 Å². The summed E-state index contributed by atoms with van der Waals surface area (Å²) < 4.78 is 0. The van der Waals surface area contributed by atoms with Crippen molar-refractivity contribution in [3.8, 4) is 6.07 Å². The van der Waals surface area contributed by atoms with Gasteiger partial charge in [0.05, 0.1) is 11.6 Å². The summed E-state index contributed by atoms with van der Waals surface area (Å²) in [4.78, 5) is 0. The van der Waals surface area contributed by atoms with E-state index in [1.165, 1.54) is 5.56 Å². The van der Waals surface area contributed by atoms with Crippen molar-refractivity contribution in [2.24, 2.45) is 5.92 Å². The summed E-state index contributed by atoms with van der Waals surface area (Å²) in [5.74, 6) is 0.862. The first-order chi connectivity index (χ1) is 10.1. The summed E-state index contributed by atoms with van der Waals surface area (Å²) in [6, 6.07) is 8.63. The molecule has 0 N–H and O–H groups in total. The third-order valence-corrected chi connectivity index (χ3v) is 3.34. The Balaban J connectivity index is 2.84. The molecule has 1 unspecified atom stereocenters. The van der Waals surface area contributed by atoms with Crippen molar-refractivity contribution in [1.82, 2.24) is 0 Å². The lowest BCUT2D eigenvalue weighted by Gasteiger charge is -2.12. The van der Waals surface area contributed by atoms with Crippen molar-refractivity contribution >= 4 is 0 Å². The maximum Gasteiger partial charge on any atom is 0.0994 e. The van der Waals surface area contributed by atoms with Crippen LogP contribution in [-0.2, 0) is 6.42 Å². The Kier molecular flexibility index (Phi) is 7.26. The van der Waals surface area contributed by atoms with Crippen LogP contribution in [0.2, 0.25) is 0 Å².